The fraction of sp³-hybridized carbons (Fsp3) is 0.417. The van der Waals surface area contributed by atoms with Crippen molar-refractivity contribution in [3.8, 4) is 0 Å². The maximum atomic E-state index is 11.3. The van der Waals surface area contributed by atoms with E-state index in [1.165, 1.54) is 11.6 Å². The number of amides is 1. The molecule has 0 saturated carbocycles. The van der Waals surface area contributed by atoms with Crippen molar-refractivity contribution in [2.24, 2.45) is 5.73 Å². The van der Waals surface area contributed by atoms with Crippen molar-refractivity contribution in [1.29, 1.82) is 0 Å². The highest BCUT2D eigenvalue weighted by Gasteiger charge is 2.11. The van der Waals surface area contributed by atoms with E-state index in [-0.39, 0.29) is 10.7 Å². The molecule has 0 unspecified atom stereocenters. The van der Waals surface area contributed by atoms with E-state index >= 15 is 0 Å². The number of ether oxygens (including phenoxy) is 1. The zero-order valence-corrected chi connectivity index (χ0v) is 11.1. The van der Waals surface area contributed by atoms with Gasteiger partial charge >= 0.3 is 0 Å². The Balaban J connectivity index is 1.95. The van der Waals surface area contributed by atoms with E-state index in [2.05, 4.69) is 21.6 Å². The van der Waals surface area contributed by atoms with Gasteiger partial charge in [0.1, 0.15) is 0 Å². The zero-order valence-electron chi connectivity index (χ0n) is 10.4. The Bertz CT molecular complexity index is 505. The average Bonchev–Trinajstić information content (AvgIpc) is 2.41. The van der Waals surface area contributed by atoms with Crippen molar-refractivity contribution in [3.05, 3.63) is 28.4 Å². The molecule has 0 spiro atoms. The molecule has 3 N–H and O–H groups in total. The van der Waals surface area contributed by atoms with Crippen molar-refractivity contribution in [2.45, 2.75) is 12.8 Å². The molecule has 1 aromatic rings. The topological polar surface area (TPSA) is 90.1 Å². The van der Waals surface area contributed by atoms with Gasteiger partial charge < -0.3 is 15.8 Å². The number of hydrogen-bond acceptors (Lipinski definition) is 5. The summed E-state index contributed by atoms with van der Waals surface area (Å²) in [6.45, 7) is 2.09. The lowest BCUT2D eigenvalue weighted by molar-refractivity contribution is 0.100. The van der Waals surface area contributed by atoms with Crippen molar-refractivity contribution in [3.63, 3.8) is 0 Å². The minimum absolute atomic E-state index is 0.145. The Hall–Kier alpha value is -1.66. The summed E-state index contributed by atoms with van der Waals surface area (Å²) in [6, 6.07) is 1.41. The van der Waals surface area contributed by atoms with Gasteiger partial charge in [-0.1, -0.05) is 23.3 Å². The smallest absolute Gasteiger partial charge is 0.252 e. The molecule has 1 amide bonds. The van der Waals surface area contributed by atoms with Gasteiger partial charge in [-0.3, -0.25) is 4.79 Å². The molecule has 2 rings (SSSR count). The summed E-state index contributed by atoms with van der Waals surface area (Å²) in [5.74, 6) is -0.214. The maximum Gasteiger partial charge on any atom is 0.252 e. The third kappa shape index (κ3) is 3.90. The minimum atomic E-state index is -0.579. The predicted octanol–water partition coefficient (Wildman–Crippen LogP) is 1.38. The van der Waals surface area contributed by atoms with Crippen LogP contribution in [0.1, 0.15) is 23.2 Å². The highest BCUT2D eigenvalue weighted by Crippen LogP contribution is 2.16. The van der Waals surface area contributed by atoms with Gasteiger partial charge in [0.05, 0.1) is 18.8 Å². The summed E-state index contributed by atoms with van der Waals surface area (Å²) < 4.78 is 5.23. The molecule has 0 atom stereocenters. The SMILES string of the molecule is NC(=O)c1cc(Cl)nnc1NCCC1=CCOCC1. The van der Waals surface area contributed by atoms with Crippen LogP contribution in [0.4, 0.5) is 5.82 Å². The number of nitrogens with one attached hydrogen (secondary N) is 1. The number of rotatable bonds is 5. The second kappa shape index (κ2) is 6.49. The lowest BCUT2D eigenvalue weighted by Crippen LogP contribution is -2.17. The van der Waals surface area contributed by atoms with Crippen LogP contribution in [-0.4, -0.2) is 35.9 Å². The molecule has 0 aromatic carbocycles. The average molecular weight is 283 g/mol. The number of hydrogen-bond donors (Lipinski definition) is 2. The number of nitrogens with two attached hydrogens (primary N) is 1. The third-order valence-corrected chi connectivity index (χ3v) is 3.01. The molecule has 0 bridgehead atoms. The van der Waals surface area contributed by atoms with E-state index in [4.69, 9.17) is 22.1 Å². The van der Waals surface area contributed by atoms with Gasteiger partial charge in [-0.05, 0) is 18.9 Å². The highest BCUT2D eigenvalue weighted by atomic mass is 35.5. The molecular weight excluding hydrogens is 268 g/mol. The maximum absolute atomic E-state index is 11.3. The number of anilines is 1. The number of aromatic nitrogens is 2. The molecule has 1 aromatic heterocycles. The minimum Gasteiger partial charge on any atom is -0.377 e. The summed E-state index contributed by atoms with van der Waals surface area (Å²) in [4.78, 5) is 11.3. The third-order valence-electron chi connectivity index (χ3n) is 2.83. The van der Waals surface area contributed by atoms with E-state index < -0.39 is 5.91 Å². The Labute approximate surface area is 116 Å². The second-order valence-electron chi connectivity index (χ2n) is 4.16. The van der Waals surface area contributed by atoms with Crippen LogP contribution in [0.25, 0.3) is 0 Å². The van der Waals surface area contributed by atoms with Gasteiger partial charge in [-0.25, -0.2) is 0 Å². The molecule has 7 heteroatoms. The number of carbonyl (C=O) groups excluding carboxylic acids is 1. The second-order valence-corrected chi connectivity index (χ2v) is 4.54. The van der Waals surface area contributed by atoms with E-state index in [0.29, 0.717) is 19.0 Å². The molecule has 0 radical (unpaired) electrons. The lowest BCUT2D eigenvalue weighted by atomic mass is 10.1. The van der Waals surface area contributed by atoms with Crippen LogP contribution >= 0.6 is 11.6 Å². The Morgan fingerprint density at radius 2 is 2.37 bits per heavy atom. The normalized spacial score (nSPS) is 14.9. The summed E-state index contributed by atoms with van der Waals surface area (Å²) in [6.07, 6.45) is 3.89. The van der Waals surface area contributed by atoms with Crippen molar-refractivity contribution < 1.29 is 9.53 Å². The van der Waals surface area contributed by atoms with Crippen LogP contribution in [0, 0.1) is 0 Å². The number of nitrogens with zero attached hydrogens (tertiary/aromatic N) is 2. The molecule has 0 fully saturated rings. The summed E-state index contributed by atoms with van der Waals surface area (Å²) >= 11 is 5.68. The van der Waals surface area contributed by atoms with Crippen molar-refractivity contribution >= 4 is 23.3 Å². The van der Waals surface area contributed by atoms with Crippen LogP contribution in [0.2, 0.25) is 5.15 Å². The largest absolute Gasteiger partial charge is 0.377 e. The van der Waals surface area contributed by atoms with Crippen LogP contribution in [-0.2, 0) is 4.74 Å². The first-order valence-electron chi connectivity index (χ1n) is 5.99. The molecule has 19 heavy (non-hydrogen) atoms. The quantitative estimate of drug-likeness (QED) is 0.796. The standard InChI is InChI=1S/C12H15ClN4O2/c13-10-7-9(11(14)18)12(17-16-10)15-4-1-8-2-5-19-6-3-8/h2,7H,1,3-6H2,(H2,14,18)(H,15,17). The first-order chi connectivity index (χ1) is 9.16. The summed E-state index contributed by atoms with van der Waals surface area (Å²) in [5, 5.41) is 10.7. The van der Waals surface area contributed by atoms with Gasteiger partial charge in [0.2, 0.25) is 0 Å². The Morgan fingerprint density at radius 3 is 3.05 bits per heavy atom. The van der Waals surface area contributed by atoms with Gasteiger partial charge in [0.15, 0.2) is 11.0 Å². The highest BCUT2D eigenvalue weighted by molar-refractivity contribution is 6.29. The van der Waals surface area contributed by atoms with Crippen LogP contribution < -0.4 is 11.1 Å². The first kappa shape index (κ1) is 13.8. The molecule has 1 aliphatic rings. The van der Waals surface area contributed by atoms with Crippen molar-refractivity contribution in [2.75, 3.05) is 25.1 Å². The Kier molecular flexibility index (Phi) is 4.70. The molecule has 0 aliphatic carbocycles. The van der Waals surface area contributed by atoms with Crippen molar-refractivity contribution in [1.82, 2.24) is 10.2 Å². The fourth-order valence-corrected chi connectivity index (χ4v) is 1.97. The first-order valence-corrected chi connectivity index (χ1v) is 6.37. The van der Waals surface area contributed by atoms with Gasteiger partial charge in [0.25, 0.3) is 5.91 Å². The summed E-state index contributed by atoms with van der Waals surface area (Å²) in [7, 11) is 0. The van der Waals surface area contributed by atoms with Gasteiger partial charge in [0, 0.05) is 6.54 Å². The number of carbonyl (C=O) groups is 1. The van der Waals surface area contributed by atoms with Crippen LogP contribution in [0.3, 0.4) is 0 Å². The molecule has 102 valence electrons. The van der Waals surface area contributed by atoms with E-state index in [9.17, 15) is 4.79 Å². The van der Waals surface area contributed by atoms with Crippen LogP contribution in [0.15, 0.2) is 17.7 Å². The van der Waals surface area contributed by atoms with E-state index in [1.807, 2.05) is 0 Å². The molecule has 2 heterocycles. The Morgan fingerprint density at radius 1 is 1.53 bits per heavy atom. The van der Waals surface area contributed by atoms with Crippen LogP contribution in [0.5, 0.6) is 0 Å². The van der Waals surface area contributed by atoms with E-state index in [0.717, 1.165) is 19.4 Å². The molecule has 0 saturated heterocycles. The molecule has 6 nitrogen and oxygen atoms in total. The predicted molar refractivity (Wildman–Crippen MR) is 72.2 cm³/mol. The van der Waals surface area contributed by atoms with E-state index in [1.54, 1.807) is 0 Å². The number of primary amides is 1. The molecule has 1 aliphatic heterocycles. The number of halogens is 1. The van der Waals surface area contributed by atoms with Gasteiger partial charge in [-0.15, -0.1) is 10.2 Å². The fourth-order valence-electron chi connectivity index (χ4n) is 1.82. The monoisotopic (exact) mass is 282 g/mol. The van der Waals surface area contributed by atoms with Gasteiger partial charge in [-0.2, -0.15) is 0 Å². The lowest BCUT2D eigenvalue weighted by Gasteiger charge is -2.14. The molecular formula is C12H15ClN4O2. The zero-order chi connectivity index (χ0) is 13.7. The summed E-state index contributed by atoms with van der Waals surface area (Å²) in [5.41, 5.74) is 6.85.